The van der Waals surface area contributed by atoms with E-state index in [0.29, 0.717) is 5.19 Å². The summed E-state index contributed by atoms with van der Waals surface area (Å²) >= 11 is 0. The van der Waals surface area contributed by atoms with E-state index in [4.69, 9.17) is 4.12 Å². The van der Waals surface area contributed by atoms with Gasteiger partial charge in [-0.1, -0.05) is 91.0 Å². The van der Waals surface area contributed by atoms with Gasteiger partial charge in [-0.2, -0.15) is 0 Å². The normalized spacial score (nSPS) is 11.7. The van der Waals surface area contributed by atoms with Gasteiger partial charge >= 0.3 is 11.9 Å². The first-order chi connectivity index (χ1) is 16.7. The predicted molar refractivity (Wildman–Crippen MR) is 143 cm³/mol. The fourth-order valence-corrected chi connectivity index (χ4v) is 13.3. The Hall–Kier alpha value is -3.79. The zero-order valence-electron chi connectivity index (χ0n) is 19.5. The van der Waals surface area contributed by atoms with Crippen molar-refractivity contribution in [2.45, 2.75) is 13.1 Å². The van der Waals surface area contributed by atoms with Crippen LogP contribution in [0.1, 0.15) is 20.7 Å². The first-order valence-electron chi connectivity index (χ1n) is 11.2. The van der Waals surface area contributed by atoms with Crippen LogP contribution in [0, 0.1) is 0 Å². The van der Waals surface area contributed by atoms with Crippen LogP contribution >= 0.6 is 0 Å². The molecule has 4 rings (SSSR count). The summed E-state index contributed by atoms with van der Waals surface area (Å²) in [6.07, 6.45) is 0. The highest BCUT2D eigenvalue weighted by Crippen LogP contribution is 2.19. The van der Waals surface area contributed by atoms with E-state index in [9.17, 15) is 19.8 Å². The van der Waals surface area contributed by atoms with Gasteiger partial charge in [-0.25, -0.2) is 9.59 Å². The van der Waals surface area contributed by atoms with Gasteiger partial charge in [0, 0.05) is 0 Å². The van der Waals surface area contributed by atoms with Crippen molar-refractivity contribution in [1.29, 1.82) is 0 Å². The first kappa shape index (κ1) is 24.3. The molecule has 0 aliphatic rings. The van der Waals surface area contributed by atoms with Crippen LogP contribution in [-0.4, -0.2) is 38.8 Å². The van der Waals surface area contributed by atoms with E-state index in [1.807, 2.05) is 67.7 Å². The molecule has 0 unspecified atom stereocenters. The van der Waals surface area contributed by atoms with Crippen molar-refractivity contribution >= 4 is 49.3 Å². The second-order valence-corrected chi connectivity index (χ2v) is 16.3. The fourth-order valence-electron chi connectivity index (χ4n) is 4.36. The largest absolute Gasteiger partial charge is 0.478 e. The van der Waals surface area contributed by atoms with E-state index in [-0.39, 0.29) is 11.1 Å². The number of benzene rings is 4. The minimum atomic E-state index is -3.06. The number of carboxylic acids is 2. The third-order valence-electron chi connectivity index (χ3n) is 6.07. The van der Waals surface area contributed by atoms with Crippen LogP contribution in [0.4, 0.5) is 0 Å². The average Bonchev–Trinajstić information content (AvgIpc) is 2.88. The maximum absolute atomic E-state index is 11.8. The topological polar surface area (TPSA) is 83.8 Å². The van der Waals surface area contributed by atoms with Crippen molar-refractivity contribution in [1.82, 2.24) is 0 Å². The molecule has 0 fully saturated rings. The van der Waals surface area contributed by atoms with Gasteiger partial charge in [0.1, 0.15) is 0 Å². The molecule has 0 spiro atoms. The quantitative estimate of drug-likeness (QED) is 0.288. The highest BCUT2D eigenvalue weighted by molar-refractivity contribution is 7.12. The van der Waals surface area contributed by atoms with Crippen molar-refractivity contribution in [3.05, 3.63) is 120 Å². The maximum atomic E-state index is 11.8. The SMILES string of the molecule is C[Si](C)(O[Si](c1ccccc1)(c1ccccc1)c1ccccc1)c1cc(C(=O)O)cc(C(=O)O)c1. The summed E-state index contributed by atoms with van der Waals surface area (Å²) in [6.45, 7) is 3.99. The molecule has 4 aromatic carbocycles. The zero-order chi connectivity index (χ0) is 25.1. The average molecular weight is 499 g/mol. The van der Waals surface area contributed by atoms with E-state index < -0.39 is 28.6 Å². The lowest BCUT2D eigenvalue weighted by atomic mass is 10.1. The van der Waals surface area contributed by atoms with Gasteiger partial charge in [-0.3, -0.25) is 0 Å². The molecule has 0 bridgehead atoms. The van der Waals surface area contributed by atoms with E-state index in [0.717, 1.165) is 15.6 Å². The van der Waals surface area contributed by atoms with E-state index >= 15 is 0 Å². The third-order valence-corrected chi connectivity index (χ3v) is 14.5. The second-order valence-electron chi connectivity index (χ2n) is 8.80. The Kier molecular flexibility index (Phi) is 6.84. The predicted octanol–water partition coefficient (Wildman–Crippen LogP) is 3.18. The summed E-state index contributed by atoms with van der Waals surface area (Å²) in [4.78, 5) is 23.6. The number of hydrogen-bond donors (Lipinski definition) is 2. The molecule has 35 heavy (non-hydrogen) atoms. The smallest absolute Gasteiger partial charge is 0.335 e. The number of carboxylic acid groups (broad SMARTS) is 2. The summed E-state index contributed by atoms with van der Waals surface area (Å²) in [5.74, 6) is -2.34. The molecule has 0 radical (unpaired) electrons. The summed E-state index contributed by atoms with van der Waals surface area (Å²) < 4.78 is 7.33. The van der Waals surface area contributed by atoms with E-state index in [2.05, 4.69) is 36.4 Å². The number of rotatable bonds is 8. The summed E-state index contributed by atoms with van der Waals surface area (Å²) in [5, 5.41) is 23.1. The van der Waals surface area contributed by atoms with Crippen molar-refractivity contribution in [3.8, 4) is 0 Å². The van der Waals surface area contributed by atoms with Gasteiger partial charge in [0.25, 0.3) is 8.32 Å². The standard InChI is InChI=1S/C28H26O5Si2/c1-34(2,26-19-21(27(29)30)18-22(20-26)28(31)32)33-35(23-12-6-3-7-13-23,24-14-8-4-9-15-24)25-16-10-5-11-17-25/h3-20H,1-2H3,(H,29,30)(H,31,32). The molecule has 0 saturated heterocycles. The highest BCUT2D eigenvalue weighted by atomic mass is 28.4. The van der Waals surface area contributed by atoms with Crippen LogP contribution in [0.25, 0.3) is 0 Å². The van der Waals surface area contributed by atoms with Crippen LogP contribution in [0.3, 0.4) is 0 Å². The number of carbonyl (C=O) groups is 2. The van der Waals surface area contributed by atoms with Gasteiger partial charge in [0.05, 0.1) is 11.1 Å². The number of aromatic carboxylic acids is 2. The second kappa shape index (κ2) is 9.83. The van der Waals surface area contributed by atoms with Crippen molar-refractivity contribution in [2.24, 2.45) is 0 Å². The lowest BCUT2D eigenvalue weighted by molar-refractivity contribution is 0.0696. The molecule has 0 aromatic heterocycles. The van der Waals surface area contributed by atoms with Crippen LogP contribution in [-0.2, 0) is 4.12 Å². The molecule has 0 aliphatic heterocycles. The third kappa shape index (κ3) is 4.88. The zero-order valence-corrected chi connectivity index (χ0v) is 21.5. The molecular weight excluding hydrogens is 472 g/mol. The Morgan fingerprint density at radius 3 is 1.23 bits per heavy atom. The Labute approximate surface area is 206 Å². The summed E-state index contributed by atoms with van der Waals surface area (Å²) in [5.41, 5.74) is -0.119. The maximum Gasteiger partial charge on any atom is 0.335 e. The Balaban J connectivity index is 1.98. The van der Waals surface area contributed by atoms with Crippen molar-refractivity contribution in [2.75, 3.05) is 0 Å². The van der Waals surface area contributed by atoms with Crippen LogP contribution in [0.15, 0.2) is 109 Å². The molecule has 0 amide bonds. The van der Waals surface area contributed by atoms with Crippen molar-refractivity contribution < 1.29 is 23.9 Å². The molecule has 0 atom stereocenters. The monoisotopic (exact) mass is 498 g/mol. The minimum absolute atomic E-state index is 0.0597. The lowest BCUT2D eigenvalue weighted by Crippen LogP contribution is -2.74. The number of hydrogen-bond acceptors (Lipinski definition) is 3. The molecule has 0 aliphatic carbocycles. The van der Waals surface area contributed by atoms with Crippen LogP contribution in [0.5, 0.6) is 0 Å². The van der Waals surface area contributed by atoms with Crippen LogP contribution in [0.2, 0.25) is 13.1 Å². The molecule has 5 nitrogen and oxygen atoms in total. The molecule has 7 heteroatoms. The molecule has 0 saturated carbocycles. The Bertz CT molecular complexity index is 1210. The fraction of sp³-hybridized carbons (Fsp3) is 0.0714. The minimum Gasteiger partial charge on any atom is -0.478 e. The van der Waals surface area contributed by atoms with Gasteiger partial charge in [0.15, 0.2) is 0 Å². The lowest BCUT2D eigenvalue weighted by Gasteiger charge is -2.40. The highest BCUT2D eigenvalue weighted by Gasteiger charge is 2.47. The first-order valence-corrected chi connectivity index (χ1v) is 16.0. The van der Waals surface area contributed by atoms with Gasteiger partial charge in [-0.15, -0.1) is 0 Å². The molecule has 176 valence electrons. The molecule has 0 heterocycles. The van der Waals surface area contributed by atoms with Gasteiger partial charge in [0.2, 0.25) is 8.32 Å². The molecule has 4 aromatic rings. The van der Waals surface area contributed by atoms with Crippen molar-refractivity contribution in [3.63, 3.8) is 0 Å². The van der Waals surface area contributed by atoms with E-state index in [1.165, 1.54) is 6.07 Å². The van der Waals surface area contributed by atoms with Gasteiger partial charge < -0.3 is 14.3 Å². The van der Waals surface area contributed by atoms with E-state index in [1.54, 1.807) is 12.1 Å². The Morgan fingerprint density at radius 2 is 0.914 bits per heavy atom. The molecular formula is C28H26O5Si2. The van der Waals surface area contributed by atoms with Gasteiger partial charge in [-0.05, 0) is 52.0 Å². The summed E-state index contributed by atoms with van der Waals surface area (Å²) in [7, 11) is -5.95. The molecule has 2 N–H and O–H groups in total. The van der Waals surface area contributed by atoms with Crippen LogP contribution < -0.4 is 20.7 Å². The summed E-state index contributed by atoms with van der Waals surface area (Å²) in [6, 6.07) is 34.6. The Morgan fingerprint density at radius 1 is 0.571 bits per heavy atom.